The highest BCUT2D eigenvalue weighted by Crippen LogP contribution is 2.17. The van der Waals surface area contributed by atoms with Gasteiger partial charge < -0.3 is 5.32 Å². The van der Waals surface area contributed by atoms with E-state index in [1.165, 1.54) is 5.56 Å². The molecule has 16 heavy (non-hydrogen) atoms. The van der Waals surface area contributed by atoms with Crippen LogP contribution in [0.5, 0.6) is 0 Å². The minimum atomic E-state index is 0.237. The first-order chi connectivity index (χ1) is 7.75. The van der Waals surface area contributed by atoms with Crippen molar-refractivity contribution in [3.8, 4) is 0 Å². The summed E-state index contributed by atoms with van der Waals surface area (Å²) in [6.07, 6.45) is 4.38. The average Bonchev–Trinajstić information content (AvgIpc) is 2.28. The number of carbonyl (C=O) groups excluding carboxylic acids is 1. The largest absolute Gasteiger partial charge is 0.384 e. The van der Waals surface area contributed by atoms with Crippen molar-refractivity contribution in [1.82, 2.24) is 5.32 Å². The summed E-state index contributed by atoms with van der Waals surface area (Å²) in [5.74, 6) is 0.237. The Balaban J connectivity index is 1.97. The van der Waals surface area contributed by atoms with Gasteiger partial charge in [-0.05, 0) is 24.5 Å². The van der Waals surface area contributed by atoms with E-state index in [1.54, 1.807) is 6.08 Å². The summed E-state index contributed by atoms with van der Waals surface area (Å²) in [7, 11) is 0. The first kappa shape index (κ1) is 11.4. The number of ketones is 1. The predicted octanol–water partition coefficient (Wildman–Crippen LogP) is 3.18. The summed E-state index contributed by atoms with van der Waals surface area (Å²) in [5, 5.41) is 3.32. The summed E-state index contributed by atoms with van der Waals surface area (Å²) in [4.78, 5) is 11.2. The number of hydrogen-bond donors (Lipinski definition) is 1. The van der Waals surface area contributed by atoms with Crippen LogP contribution in [0, 0.1) is 0 Å². The number of halogens is 1. The highest BCUT2D eigenvalue weighted by atomic mass is 79.9. The van der Waals surface area contributed by atoms with Crippen LogP contribution in [0.25, 0.3) is 0 Å². The molecule has 0 bridgehead atoms. The van der Waals surface area contributed by atoms with Crippen molar-refractivity contribution in [1.29, 1.82) is 0 Å². The Morgan fingerprint density at radius 3 is 2.81 bits per heavy atom. The molecule has 0 saturated heterocycles. The molecule has 1 aliphatic rings. The van der Waals surface area contributed by atoms with Crippen LogP contribution in [0.4, 0.5) is 0 Å². The van der Waals surface area contributed by atoms with E-state index in [4.69, 9.17) is 0 Å². The molecule has 2 rings (SSSR count). The molecule has 0 radical (unpaired) electrons. The smallest absolute Gasteiger partial charge is 0.157 e. The van der Waals surface area contributed by atoms with Crippen LogP contribution in [0.3, 0.4) is 0 Å². The molecule has 0 heterocycles. The molecular weight excluding hydrogens is 266 g/mol. The lowest BCUT2D eigenvalue weighted by molar-refractivity contribution is -0.115. The molecule has 0 spiro atoms. The highest BCUT2D eigenvalue weighted by Gasteiger charge is 2.09. The average molecular weight is 280 g/mol. The number of hydrogen-bond acceptors (Lipinski definition) is 2. The van der Waals surface area contributed by atoms with Crippen LogP contribution in [0.15, 0.2) is 40.5 Å². The maximum absolute atomic E-state index is 11.2. The molecule has 2 nitrogen and oxygen atoms in total. The van der Waals surface area contributed by atoms with Gasteiger partial charge in [0.05, 0.1) is 0 Å². The second-order valence-electron chi connectivity index (χ2n) is 3.93. The van der Waals surface area contributed by atoms with Gasteiger partial charge in [-0.3, -0.25) is 4.79 Å². The van der Waals surface area contributed by atoms with Gasteiger partial charge in [0.15, 0.2) is 5.78 Å². The van der Waals surface area contributed by atoms with Crippen molar-refractivity contribution < 1.29 is 4.79 Å². The van der Waals surface area contributed by atoms with Crippen molar-refractivity contribution in [2.45, 2.75) is 25.8 Å². The summed E-state index contributed by atoms with van der Waals surface area (Å²) in [6, 6.07) is 8.11. The molecule has 84 valence electrons. The highest BCUT2D eigenvalue weighted by molar-refractivity contribution is 9.10. The number of allylic oxidation sites excluding steroid dienone is 2. The van der Waals surface area contributed by atoms with Gasteiger partial charge in [0.2, 0.25) is 0 Å². The normalized spacial score (nSPS) is 15.8. The molecule has 1 aromatic rings. The van der Waals surface area contributed by atoms with E-state index in [-0.39, 0.29) is 5.78 Å². The fourth-order valence-corrected chi connectivity index (χ4v) is 2.21. The lowest BCUT2D eigenvalue weighted by Crippen LogP contribution is -2.17. The minimum Gasteiger partial charge on any atom is -0.384 e. The van der Waals surface area contributed by atoms with Crippen LogP contribution in [0.1, 0.15) is 24.8 Å². The maximum Gasteiger partial charge on any atom is 0.157 e. The Morgan fingerprint density at radius 2 is 2.06 bits per heavy atom. The third-order valence-electron chi connectivity index (χ3n) is 2.67. The number of rotatable bonds is 3. The lowest BCUT2D eigenvalue weighted by Gasteiger charge is -2.14. The second-order valence-corrected chi connectivity index (χ2v) is 4.79. The lowest BCUT2D eigenvalue weighted by atomic mass is 10.0. The molecule has 3 heteroatoms. The number of carbonyl (C=O) groups is 1. The number of benzene rings is 1. The Kier molecular flexibility index (Phi) is 3.78. The first-order valence-corrected chi connectivity index (χ1v) is 6.26. The predicted molar refractivity (Wildman–Crippen MR) is 67.9 cm³/mol. The Bertz CT molecular complexity index is 426. The van der Waals surface area contributed by atoms with Gasteiger partial charge in [-0.25, -0.2) is 0 Å². The van der Waals surface area contributed by atoms with E-state index >= 15 is 0 Å². The molecule has 1 aromatic carbocycles. The third kappa shape index (κ3) is 2.95. The quantitative estimate of drug-likeness (QED) is 0.921. The van der Waals surface area contributed by atoms with Gasteiger partial charge in [-0.2, -0.15) is 0 Å². The molecule has 0 fully saturated rings. The zero-order valence-electron chi connectivity index (χ0n) is 9.00. The van der Waals surface area contributed by atoms with Gasteiger partial charge in [-0.1, -0.05) is 34.1 Å². The molecular formula is C13H14BrNO. The van der Waals surface area contributed by atoms with E-state index in [9.17, 15) is 4.79 Å². The number of nitrogens with one attached hydrogen (secondary N) is 1. The van der Waals surface area contributed by atoms with E-state index in [2.05, 4.69) is 27.3 Å². The van der Waals surface area contributed by atoms with Gasteiger partial charge in [0.1, 0.15) is 0 Å². The molecule has 0 amide bonds. The van der Waals surface area contributed by atoms with Crippen LogP contribution in [-0.4, -0.2) is 5.78 Å². The summed E-state index contributed by atoms with van der Waals surface area (Å²) in [6.45, 7) is 0.764. The Morgan fingerprint density at radius 1 is 1.25 bits per heavy atom. The van der Waals surface area contributed by atoms with Crippen LogP contribution in [-0.2, 0) is 11.3 Å². The zero-order chi connectivity index (χ0) is 11.4. The molecule has 1 aliphatic carbocycles. The van der Waals surface area contributed by atoms with Crippen molar-refractivity contribution >= 4 is 21.7 Å². The van der Waals surface area contributed by atoms with Gasteiger partial charge >= 0.3 is 0 Å². The summed E-state index contributed by atoms with van der Waals surface area (Å²) >= 11 is 3.51. The zero-order valence-corrected chi connectivity index (χ0v) is 10.6. The van der Waals surface area contributed by atoms with Crippen LogP contribution >= 0.6 is 15.9 Å². The van der Waals surface area contributed by atoms with Crippen molar-refractivity contribution in [2.24, 2.45) is 0 Å². The summed E-state index contributed by atoms with van der Waals surface area (Å²) < 4.78 is 1.10. The van der Waals surface area contributed by atoms with Gasteiger partial charge in [0, 0.05) is 29.2 Å². The molecule has 1 N–H and O–H groups in total. The molecule has 0 aromatic heterocycles. The van der Waals surface area contributed by atoms with E-state index in [1.807, 2.05) is 18.2 Å². The van der Waals surface area contributed by atoms with E-state index in [0.717, 1.165) is 29.6 Å². The van der Waals surface area contributed by atoms with Gasteiger partial charge in [-0.15, -0.1) is 0 Å². The van der Waals surface area contributed by atoms with Gasteiger partial charge in [0.25, 0.3) is 0 Å². The fourth-order valence-electron chi connectivity index (χ4n) is 1.78. The third-order valence-corrected chi connectivity index (χ3v) is 3.44. The molecule has 0 unspecified atom stereocenters. The second kappa shape index (κ2) is 5.30. The van der Waals surface area contributed by atoms with Crippen molar-refractivity contribution in [3.05, 3.63) is 46.1 Å². The van der Waals surface area contributed by atoms with E-state index < -0.39 is 0 Å². The van der Waals surface area contributed by atoms with Crippen LogP contribution in [0.2, 0.25) is 0 Å². The van der Waals surface area contributed by atoms with E-state index in [0.29, 0.717) is 6.42 Å². The van der Waals surface area contributed by atoms with Crippen molar-refractivity contribution in [3.63, 3.8) is 0 Å². The van der Waals surface area contributed by atoms with Crippen LogP contribution < -0.4 is 5.32 Å². The Hall–Kier alpha value is -1.09. The maximum atomic E-state index is 11.2. The monoisotopic (exact) mass is 279 g/mol. The molecule has 0 saturated carbocycles. The Labute approximate surface area is 104 Å². The van der Waals surface area contributed by atoms with Crippen molar-refractivity contribution in [2.75, 3.05) is 0 Å². The minimum absolute atomic E-state index is 0.237. The first-order valence-electron chi connectivity index (χ1n) is 5.46. The standard InChI is InChI=1S/C13H14BrNO/c14-13-7-2-1-4-10(13)9-15-11-5-3-6-12(16)8-11/h1-2,4,7-8,15H,3,5-6,9H2. The fraction of sp³-hybridized carbons (Fsp3) is 0.308. The topological polar surface area (TPSA) is 29.1 Å². The molecule has 0 aliphatic heterocycles. The summed E-state index contributed by atoms with van der Waals surface area (Å²) in [5.41, 5.74) is 2.27. The molecule has 0 atom stereocenters. The SMILES string of the molecule is O=C1C=C(NCc2ccccc2Br)CCC1.